The quantitative estimate of drug-likeness (QED) is 0.717. The summed E-state index contributed by atoms with van der Waals surface area (Å²) >= 11 is 4.49. The number of hydrogen-bond acceptors (Lipinski definition) is 1. The van der Waals surface area contributed by atoms with Gasteiger partial charge < -0.3 is 0 Å². The zero-order valence-corrected chi connectivity index (χ0v) is 11.2. The van der Waals surface area contributed by atoms with Crippen LogP contribution in [0.3, 0.4) is 0 Å². The van der Waals surface area contributed by atoms with Crippen LogP contribution in [0.5, 0.6) is 0 Å². The summed E-state index contributed by atoms with van der Waals surface area (Å²) in [6.45, 7) is 0. The van der Waals surface area contributed by atoms with E-state index in [9.17, 15) is 8.78 Å². The van der Waals surface area contributed by atoms with E-state index in [1.165, 1.54) is 23.9 Å². The van der Waals surface area contributed by atoms with E-state index in [0.717, 1.165) is 0 Å². The highest BCUT2D eigenvalue weighted by Gasteiger charge is 2.06. The second-order valence-corrected chi connectivity index (χ2v) is 5.39. The molecule has 0 aromatic heterocycles. The molecule has 0 amide bonds. The van der Waals surface area contributed by atoms with Gasteiger partial charge in [-0.05, 0) is 29.8 Å². The van der Waals surface area contributed by atoms with E-state index in [-0.39, 0.29) is 11.6 Å². The lowest BCUT2D eigenvalue weighted by atomic mass is 10.2. The number of benzene rings is 2. The topological polar surface area (TPSA) is 0 Å². The normalized spacial score (nSPS) is 10.5. The zero-order chi connectivity index (χ0) is 12.3. The minimum absolute atomic E-state index is 0.269. The third-order valence-corrected chi connectivity index (χ3v) is 3.83. The maximum atomic E-state index is 13.5. The summed E-state index contributed by atoms with van der Waals surface area (Å²) < 4.78 is 27.6. The maximum Gasteiger partial charge on any atom is 0.136 e. The third-order valence-electron chi connectivity index (χ3n) is 2.23. The van der Waals surface area contributed by atoms with Crippen LogP contribution < -0.4 is 0 Å². The number of rotatable bonds is 3. The second-order valence-electron chi connectivity index (χ2n) is 3.45. The molecule has 0 fully saturated rings. The molecular formula is C13H9BrF2S. The molecule has 0 aliphatic carbocycles. The molecule has 0 spiro atoms. The Hall–Kier alpha value is -0.870. The highest BCUT2D eigenvalue weighted by Crippen LogP contribution is 2.27. The fourth-order valence-electron chi connectivity index (χ4n) is 1.36. The van der Waals surface area contributed by atoms with Gasteiger partial charge in [0.2, 0.25) is 0 Å². The minimum Gasteiger partial charge on any atom is -0.207 e. The molecular weight excluding hydrogens is 306 g/mol. The van der Waals surface area contributed by atoms with Gasteiger partial charge in [0.1, 0.15) is 11.6 Å². The number of hydrogen-bond donors (Lipinski definition) is 0. The van der Waals surface area contributed by atoms with E-state index >= 15 is 0 Å². The van der Waals surface area contributed by atoms with Crippen molar-refractivity contribution in [1.82, 2.24) is 0 Å². The predicted molar refractivity (Wildman–Crippen MR) is 70.1 cm³/mol. The molecule has 17 heavy (non-hydrogen) atoms. The SMILES string of the molecule is Fc1cc(Br)ccc1CSc1ccccc1F. The molecule has 0 radical (unpaired) electrons. The Kier molecular flexibility index (Phi) is 4.18. The van der Waals surface area contributed by atoms with Gasteiger partial charge in [0.05, 0.1) is 0 Å². The monoisotopic (exact) mass is 314 g/mol. The van der Waals surface area contributed by atoms with Crippen LogP contribution in [0.4, 0.5) is 8.78 Å². The van der Waals surface area contributed by atoms with Crippen molar-refractivity contribution in [2.24, 2.45) is 0 Å². The van der Waals surface area contributed by atoms with Crippen molar-refractivity contribution in [1.29, 1.82) is 0 Å². The van der Waals surface area contributed by atoms with Crippen LogP contribution in [-0.4, -0.2) is 0 Å². The highest BCUT2D eigenvalue weighted by atomic mass is 79.9. The molecule has 0 bridgehead atoms. The van der Waals surface area contributed by atoms with Gasteiger partial charge in [-0.2, -0.15) is 0 Å². The van der Waals surface area contributed by atoms with Gasteiger partial charge in [-0.25, -0.2) is 8.78 Å². The standard InChI is InChI=1S/C13H9BrF2S/c14-10-6-5-9(12(16)7-10)8-17-13-4-2-1-3-11(13)15/h1-7H,8H2. The van der Waals surface area contributed by atoms with Crippen molar-refractivity contribution in [3.05, 3.63) is 64.1 Å². The molecule has 2 rings (SSSR count). The van der Waals surface area contributed by atoms with E-state index in [4.69, 9.17) is 0 Å². The van der Waals surface area contributed by atoms with Gasteiger partial charge in [0, 0.05) is 15.1 Å². The van der Waals surface area contributed by atoms with Crippen molar-refractivity contribution in [2.45, 2.75) is 10.6 Å². The first-order valence-corrected chi connectivity index (χ1v) is 6.76. The number of halogens is 3. The fraction of sp³-hybridized carbons (Fsp3) is 0.0769. The van der Waals surface area contributed by atoms with Crippen molar-refractivity contribution in [3.63, 3.8) is 0 Å². The lowest BCUT2D eigenvalue weighted by Crippen LogP contribution is -1.88. The first-order valence-electron chi connectivity index (χ1n) is 4.98. The second kappa shape index (κ2) is 5.65. The van der Waals surface area contributed by atoms with Gasteiger partial charge in [0.15, 0.2) is 0 Å². The molecule has 0 unspecified atom stereocenters. The Morgan fingerprint density at radius 3 is 2.47 bits per heavy atom. The Labute approximate surface area is 111 Å². The van der Waals surface area contributed by atoms with Crippen LogP contribution in [0.25, 0.3) is 0 Å². The molecule has 0 N–H and O–H groups in total. The van der Waals surface area contributed by atoms with Crippen LogP contribution in [0.1, 0.15) is 5.56 Å². The molecule has 2 aromatic carbocycles. The lowest BCUT2D eigenvalue weighted by Gasteiger charge is -2.04. The smallest absolute Gasteiger partial charge is 0.136 e. The zero-order valence-electron chi connectivity index (χ0n) is 8.79. The highest BCUT2D eigenvalue weighted by molar-refractivity contribution is 9.10. The lowest BCUT2D eigenvalue weighted by molar-refractivity contribution is 0.601. The maximum absolute atomic E-state index is 13.5. The minimum atomic E-state index is -0.275. The molecule has 0 saturated carbocycles. The van der Waals surface area contributed by atoms with Crippen molar-refractivity contribution in [3.8, 4) is 0 Å². The molecule has 0 saturated heterocycles. The van der Waals surface area contributed by atoms with Crippen LogP contribution in [0, 0.1) is 11.6 Å². The summed E-state index contributed by atoms with van der Waals surface area (Å²) in [5.74, 6) is -0.127. The van der Waals surface area contributed by atoms with Gasteiger partial charge >= 0.3 is 0 Å². The van der Waals surface area contributed by atoms with Crippen molar-refractivity contribution < 1.29 is 8.78 Å². The fourth-order valence-corrected chi connectivity index (χ4v) is 2.62. The molecule has 0 aliphatic rings. The van der Waals surface area contributed by atoms with E-state index in [1.807, 2.05) is 0 Å². The van der Waals surface area contributed by atoms with Crippen LogP contribution in [0.15, 0.2) is 51.8 Å². The largest absolute Gasteiger partial charge is 0.207 e. The van der Waals surface area contributed by atoms with Crippen molar-refractivity contribution in [2.75, 3.05) is 0 Å². The van der Waals surface area contributed by atoms with Gasteiger partial charge in [0.25, 0.3) is 0 Å². The first kappa shape index (κ1) is 12.6. The number of thioether (sulfide) groups is 1. The Bertz CT molecular complexity index is 529. The molecule has 4 heteroatoms. The third kappa shape index (κ3) is 3.30. The van der Waals surface area contributed by atoms with Gasteiger partial charge in [-0.15, -0.1) is 11.8 Å². The molecule has 0 nitrogen and oxygen atoms in total. The first-order chi connectivity index (χ1) is 8.16. The average molecular weight is 315 g/mol. The summed E-state index contributed by atoms with van der Waals surface area (Å²) in [5, 5.41) is 0. The Balaban J connectivity index is 2.10. The summed E-state index contributed by atoms with van der Waals surface area (Å²) in [7, 11) is 0. The van der Waals surface area contributed by atoms with Gasteiger partial charge in [-0.1, -0.05) is 34.1 Å². The summed E-state index contributed by atoms with van der Waals surface area (Å²) in [6.07, 6.45) is 0. The molecule has 0 heterocycles. The van der Waals surface area contributed by atoms with E-state index in [1.54, 1.807) is 30.3 Å². The van der Waals surface area contributed by atoms with E-state index in [0.29, 0.717) is 20.7 Å². The Morgan fingerprint density at radius 1 is 1.00 bits per heavy atom. The van der Waals surface area contributed by atoms with Gasteiger partial charge in [-0.3, -0.25) is 0 Å². The Morgan fingerprint density at radius 2 is 1.76 bits per heavy atom. The molecule has 2 aromatic rings. The van der Waals surface area contributed by atoms with E-state index in [2.05, 4.69) is 15.9 Å². The summed E-state index contributed by atoms with van der Waals surface area (Å²) in [5.41, 5.74) is 0.571. The van der Waals surface area contributed by atoms with E-state index < -0.39 is 0 Å². The molecule has 88 valence electrons. The molecule has 0 atom stereocenters. The summed E-state index contributed by atoms with van der Waals surface area (Å²) in [6, 6.07) is 11.4. The van der Waals surface area contributed by atoms with Crippen LogP contribution in [0.2, 0.25) is 0 Å². The molecule has 0 aliphatic heterocycles. The predicted octanol–water partition coefficient (Wildman–Crippen LogP) is 5.02. The van der Waals surface area contributed by atoms with Crippen LogP contribution >= 0.6 is 27.7 Å². The summed E-state index contributed by atoms with van der Waals surface area (Å²) in [4.78, 5) is 0.537. The average Bonchev–Trinajstić information content (AvgIpc) is 2.30. The van der Waals surface area contributed by atoms with Crippen LogP contribution in [-0.2, 0) is 5.75 Å². The van der Waals surface area contributed by atoms with Crippen molar-refractivity contribution >= 4 is 27.7 Å².